The van der Waals surface area contributed by atoms with Crippen molar-refractivity contribution in [3.8, 4) is 23.5 Å². The molecule has 0 saturated heterocycles. The summed E-state index contributed by atoms with van der Waals surface area (Å²) in [6, 6.07) is 13.6. The Kier molecular flexibility index (Phi) is 4.79. The highest BCUT2D eigenvalue weighted by atomic mass is 16.1. The maximum absolute atomic E-state index is 13.1. The number of hydrogen-bond acceptors (Lipinski definition) is 6. The molecule has 8 heteroatoms. The van der Waals surface area contributed by atoms with Crippen LogP contribution in [0.3, 0.4) is 0 Å². The van der Waals surface area contributed by atoms with Gasteiger partial charge in [-0.25, -0.2) is 9.97 Å². The number of terminal acetylenes is 1. The lowest BCUT2D eigenvalue weighted by Gasteiger charge is -2.30. The monoisotopic (exact) mass is 499 g/mol. The molecule has 2 aliphatic rings. The van der Waals surface area contributed by atoms with Crippen LogP contribution >= 0.6 is 0 Å². The third kappa shape index (κ3) is 3.21. The number of amides is 1. The summed E-state index contributed by atoms with van der Waals surface area (Å²) in [4.78, 5) is 30.9. The van der Waals surface area contributed by atoms with Gasteiger partial charge in [-0.15, -0.1) is 6.42 Å². The van der Waals surface area contributed by atoms with Crippen LogP contribution in [0.4, 0.5) is 5.82 Å². The van der Waals surface area contributed by atoms with Gasteiger partial charge in [-0.2, -0.15) is 0 Å². The van der Waals surface area contributed by atoms with Gasteiger partial charge in [-0.3, -0.25) is 14.8 Å². The van der Waals surface area contributed by atoms with Crippen molar-refractivity contribution in [2.75, 3.05) is 5.73 Å². The van der Waals surface area contributed by atoms with Crippen molar-refractivity contribution in [3.63, 3.8) is 0 Å². The Hall–Kier alpha value is -4.77. The molecule has 1 amide bonds. The molecule has 0 unspecified atom stereocenters. The fraction of sp³-hybridized carbons (Fsp3) is 0.233. The van der Waals surface area contributed by atoms with Crippen LogP contribution in [0, 0.1) is 12.3 Å². The first-order valence-corrected chi connectivity index (χ1v) is 12.7. The molecule has 2 fully saturated rings. The van der Waals surface area contributed by atoms with Gasteiger partial charge in [0, 0.05) is 46.2 Å². The second kappa shape index (κ2) is 8.12. The summed E-state index contributed by atoms with van der Waals surface area (Å²) in [7, 11) is 0. The Labute approximate surface area is 219 Å². The molecule has 2 aliphatic carbocycles. The Balaban J connectivity index is 1.37. The molecule has 4 heterocycles. The van der Waals surface area contributed by atoms with Crippen molar-refractivity contribution in [1.29, 1.82) is 0 Å². The zero-order valence-electron chi connectivity index (χ0n) is 20.7. The number of hydrogen-bond donors (Lipinski definition) is 2. The summed E-state index contributed by atoms with van der Waals surface area (Å²) >= 11 is 0. The van der Waals surface area contributed by atoms with Gasteiger partial charge in [0.15, 0.2) is 0 Å². The molecule has 0 atom stereocenters. The predicted molar refractivity (Wildman–Crippen MR) is 146 cm³/mol. The number of nitrogen functional groups attached to an aromatic ring is 1. The Bertz CT molecular complexity index is 1780. The normalized spacial score (nSPS) is 22.1. The summed E-state index contributed by atoms with van der Waals surface area (Å²) in [5.74, 6) is 3.27. The molecule has 38 heavy (non-hydrogen) atoms. The topological polar surface area (TPSA) is 112 Å². The molecule has 0 spiro atoms. The van der Waals surface area contributed by atoms with Crippen molar-refractivity contribution in [3.05, 3.63) is 78.6 Å². The van der Waals surface area contributed by atoms with Crippen molar-refractivity contribution in [1.82, 2.24) is 29.8 Å². The minimum atomic E-state index is -0.307. The van der Waals surface area contributed by atoms with E-state index in [0.29, 0.717) is 11.4 Å². The van der Waals surface area contributed by atoms with Crippen molar-refractivity contribution in [2.45, 2.75) is 43.2 Å². The first-order chi connectivity index (χ1) is 18.5. The number of anilines is 1. The lowest BCUT2D eigenvalue weighted by molar-refractivity contribution is 0.0900. The van der Waals surface area contributed by atoms with Gasteiger partial charge in [0.05, 0.1) is 16.5 Å². The fourth-order valence-electron chi connectivity index (χ4n) is 6.68. The van der Waals surface area contributed by atoms with Crippen LogP contribution in [0.1, 0.15) is 48.2 Å². The zero-order valence-corrected chi connectivity index (χ0v) is 20.7. The molecule has 3 N–H and O–H groups in total. The van der Waals surface area contributed by atoms with Gasteiger partial charge in [0.2, 0.25) is 0 Å². The number of rotatable bonds is 4. The zero-order chi connectivity index (χ0) is 25.9. The quantitative estimate of drug-likeness (QED) is 0.354. The number of benzene rings is 1. The van der Waals surface area contributed by atoms with E-state index in [2.05, 4.69) is 36.8 Å². The number of fused-ring (bicyclic) bond motifs is 4. The number of nitrogens with two attached hydrogens (primary N) is 1. The van der Waals surface area contributed by atoms with Crippen LogP contribution in [0.5, 0.6) is 0 Å². The first-order valence-electron chi connectivity index (χ1n) is 12.7. The number of nitrogens with one attached hydrogen (secondary N) is 1. The fourth-order valence-corrected chi connectivity index (χ4v) is 6.68. The minimum Gasteiger partial charge on any atom is -0.383 e. The predicted octanol–water partition coefficient (Wildman–Crippen LogP) is 4.45. The van der Waals surface area contributed by atoms with E-state index in [1.54, 1.807) is 24.5 Å². The molecule has 8 nitrogen and oxygen atoms in total. The van der Waals surface area contributed by atoms with Crippen LogP contribution < -0.4 is 11.1 Å². The van der Waals surface area contributed by atoms with E-state index in [4.69, 9.17) is 17.1 Å². The van der Waals surface area contributed by atoms with Crippen molar-refractivity contribution >= 4 is 33.7 Å². The molecule has 5 aromatic rings. The number of carbonyl (C=O) groups excluding carboxylic acids is 1. The third-order valence-corrected chi connectivity index (χ3v) is 8.38. The SMILES string of the molecule is C#Cc1c(-c2cnc3ccccc3c2)c2c(N)ncnc2n1C12CCC(NC(=O)c3cccnc3)(CC1)C2. The Morgan fingerprint density at radius 2 is 1.89 bits per heavy atom. The first kappa shape index (κ1) is 22.4. The summed E-state index contributed by atoms with van der Waals surface area (Å²) < 4.78 is 2.20. The molecule has 0 aliphatic heterocycles. The molecule has 0 radical (unpaired) electrons. The van der Waals surface area contributed by atoms with Gasteiger partial charge >= 0.3 is 0 Å². The van der Waals surface area contributed by atoms with E-state index in [0.717, 1.165) is 70.9 Å². The average molecular weight is 500 g/mol. The summed E-state index contributed by atoms with van der Waals surface area (Å²) in [6.45, 7) is 0. The summed E-state index contributed by atoms with van der Waals surface area (Å²) in [5.41, 5.74) is 10.5. The van der Waals surface area contributed by atoms with E-state index in [1.807, 2.05) is 30.5 Å². The molecule has 2 bridgehead atoms. The largest absolute Gasteiger partial charge is 0.383 e. The van der Waals surface area contributed by atoms with Gasteiger partial charge in [-0.05, 0) is 56.4 Å². The molecular formula is C30H25N7O. The highest BCUT2D eigenvalue weighted by Gasteiger charge is 2.57. The highest BCUT2D eigenvalue weighted by molar-refractivity contribution is 6.04. The van der Waals surface area contributed by atoms with E-state index < -0.39 is 0 Å². The van der Waals surface area contributed by atoms with Crippen molar-refractivity contribution < 1.29 is 4.79 Å². The highest BCUT2D eigenvalue weighted by Crippen LogP contribution is 2.57. The van der Waals surface area contributed by atoms with Crippen LogP contribution in [0.25, 0.3) is 33.1 Å². The van der Waals surface area contributed by atoms with Crippen molar-refractivity contribution in [2.24, 2.45) is 0 Å². The van der Waals surface area contributed by atoms with E-state index in [9.17, 15) is 4.79 Å². The number of nitrogens with zero attached hydrogens (tertiary/aromatic N) is 5. The van der Waals surface area contributed by atoms with Gasteiger partial charge in [0.25, 0.3) is 5.91 Å². The maximum Gasteiger partial charge on any atom is 0.253 e. The van der Waals surface area contributed by atoms with Crippen LogP contribution in [0.15, 0.2) is 67.4 Å². The standard InChI is InChI=1S/C30H25N7O/c1-2-23-24(21-14-19-6-3-4-8-22(19)33-16-21)25-26(31)34-18-35-27(25)37(23)30-11-9-29(17-30,10-12-30)36-28(38)20-7-5-13-32-15-20/h1,3-8,13-16,18H,9-12,17H2,(H,36,38)(H2,31,34,35). The van der Waals surface area contributed by atoms with Crippen LogP contribution in [0.2, 0.25) is 0 Å². The smallest absolute Gasteiger partial charge is 0.253 e. The molecule has 7 rings (SSSR count). The van der Waals surface area contributed by atoms with E-state index in [-0.39, 0.29) is 17.0 Å². The van der Waals surface area contributed by atoms with Crippen LogP contribution in [-0.4, -0.2) is 35.9 Å². The molecule has 2 saturated carbocycles. The van der Waals surface area contributed by atoms with Gasteiger partial charge in [0.1, 0.15) is 23.5 Å². The molecule has 1 aromatic carbocycles. The number of carbonyl (C=O) groups is 1. The second-order valence-corrected chi connectivity index (χ2v) is 10.5. The molecule has 4 aromatic heterocycles. The van der Waals surface area contributed by atoms with E-state index in [1.165, 1.54) is 6.33 Å². The molecular weight excluding hydrogens is 474 g/mol. The second-order valence-electron chi connectivity index (χ2n) is 10.5. The average Bonchev–Trinajstić information content (AvgIpc) is 3.62. The lowest BCUT2D eigenvalue weighted by Crippen LogP contribution is -2.45. The number of para-hydroxylation sites is 1. The Morgan fingerprint density at radius 1 is 1.05 bits per heavy atom. The number of pyridine rings is 2. The Morgan fingerprint density at radius 3 is 2.68 bits per heavy atom. The van der Waals surface area contributed by atoms with Gasteiger partial charge in [-0.1, -0.05) is 24.1 Å². The summed E-state index contributed by atoms with van der Waals surface area (Å²) in [5, 5.41) is 5.10. The maximum atomic E-state index is 13.1. The van der Waals surface area contributed by atoms with Gasteiger partial charge < -0.3 is 15.6 Å². The third-order valence-electron chi connectivity index (χ3n) is 8.38. The van der Waals surface area contributed by atoms with Crippen LogP contribution in [-0.2, 0) is 5.54 Å². The summed E-state index contributed by atoms with van der Waals surface area (Å²) in [6.07, 6.45) is 17.1. The molecule has 186 valence electrons. The van der Waals surface area contributed by atoms with E-state index >= 15 is 0 Å². The lowest BCUT2D eigenvalue weighted by atomic mass is 9.90. The number of aromatic nitrogens is 5. The minimum absolute atomic E-state index is 0.0974.